The van der Waals surface area contributed by atoms with Gasteiger partial charge in [-0.2, -0.15) is 8.78 Å². The predicted octanol–water partition coefficient (Wildman–Crippen LogP) is 2.76. The Morgan fingerprint density at radius 1 is 1.32 bits per heavy atom. The maximum Gasteiger partial charge on any atom is 0.387 e. The largest absolute Gasteiger partial charge is 0.493 e. The van der Waals surface area contributed by atoms with Crippen LogP contribution in [0.5, 0.6) is 11.5 Å². The molecule has 1 saturated heterocycles. The van der Waals surface area contributed by atoms with Gasteiger partial charge in [-0.15, -0.1) is 0 Å². The van der Waals surface area contributed by atoms with Crippen LogP contribution in [0.3, 0.4) is 0 Å². The lowest BCUT2D eigenvalue weighted by molar-refractivity contribution is -0.385. The molecule has 1 aliphatic heterocycles. The van der Waals surface area contributed by atoms with Gasteiger partial charge in [0.05, 0.1) is 18.1 Å². The molecule has 1 heterocycles. The van der Waals surface area contributed by atoms with Crippen LogP contribution in [-0.4, -0.2) is 54.6 Å². The summed E-state index contributed by atoms with van der Waals surface area (Å²) in [6.07, 6.45) is 2.69. The Labute approximate surface area is 159 Å². The summed E-state index contributed by atoms with van der Waals surface area (Å²) in [7, 11) is 1.12. The van der Waals surface area contributed by atoms with Gasteiger partial charge in [-0.3, -0.25) is 14.9 Å². The average molecular weight is 402 g/mol. The quantitative estimate of drug-likeness (QED) is 0.392. The van der Waals surface area contributed by atoms with E-state index in [0.29, 0.717) is 12.6 Å². The SMILES string of the molecule is COc1cc(C(=O)OCC(=O)N2CCCCC2C)c([N+](=O)[O-])cc1OC(F)F. The summed E-state index contributed by atoms with van der Waals surface area (Å²) < 4.78 is 38.9. The highest BCUT2D eigenvalue weighted by Crippen LogP contribution is 2.36. The second kappa shape index (κ2) is 9.29. The number of hydrogen-bond acceptors (Lipinski definition) is 7. The van der Waals surface area contributed by atoms with E-state index in [2.05, 4.69) is 4.74 Å². The van der Waals surface area contributed by atoms with Crippen molar-refractivity contribution in [3.63, 3.8) is 0 Å². The van der Waals surface area contributed by atoms with Crippen molar-refractivity contribution in [1.29, 1.82) is 0 Å². The number of nitro benzene ring substituents is 1. The second-order valence-electron chi connectivity index (χ2n) is 6.16. The third-order valence-corrected chi connectivity index (χ3v) is 4.36. The first kappa shape index (κ1) is 21.3. The summed E-state index contributed by atoms with van der Waals surface area (Å²) in [6.45, 7) is -1.39. The van der Waals surface area contributed by atoms with Crippen LogP contribution in [0.1, 0.15) is 36.5 Å². The Balaban J connectivity index is 2.19. The number of nitrogens with zero attached hydrogens (tertiary/aromatic N) is 2. The molecule has 0 saturated carbocycles. The number of alkyl halides is 2. The minimum Gasteiger partial charge on any atom is -0.493 e. The summed E-state index contributed by atoms with van der Waals surface area (Å²) in [5, 5.41) is 11.2. The molecule has 0 N–H and O–H groups in total. The minimum atomic E-state index is -3.24. The highest BCUT2D eigenvalue weighted by atomic mass is 19.3. The number of hydrogen-bond donors (Lipinski definition) is 0. The maximum atomic E-state index is 12.5. The van der Waals surface area contributed by atoms with Crippen molar-refractivity contribution in [2.45, 2.75) is 38.8 Å². The van der Waals surface area contributed by atoms with Gasteiger partial charge >= 0.3 is 12.6 Å². The van der Waals surface area contributed by atoms with Crippen molar-refractivity contribution in [3.8, 4) is 11.5 Å². The highest BCUT2D eigenvalue weighted by molar-refractivity contribution is 5.96. The molecule has 2 rings (SSSR count). The lowest BCUT2D eigenvalue weighted by atomic mass is 10.0. The van der Waals surface area contributed by atoms with Crippen LogP contribution in [0, 0.1) is 10.1 Å². The zero-order valence-corrected chi connectivity index (χ0v) is 15.4. The molecule has 0 aromatic heterocycles. The second-order valence-corrected chi connectivity index (χ2v) is 6.16. The van der Waals surface area contributed by atoms with E-state index in [0.717, 1.165) is 32.4 Å². The number of nitro groups is 1. The topological polar surface area (TPSA) is 108 Å². The van der Waals surface area contributed by atoms with Crippen LogP contribution >= 0.6 is 0 Å². The summed E-state index contributed by atoms with van der Waals surface area (Å²) in [6, 6.07) is 1.53. The summed E-state index contributed by atoms with van der Waals surface area (Å²) >= 11 is 0. The summed E-state index contributed by atoms with van der Waals surface area (Å²) in [5.74, 6) is -2.47. The lowest BCUT2D eigenvalue weighted by Crippen LogP contribution is -2.44. The standard InChI is InChI=1S/C17H20F2N2O7/c1-10-5-3-4-6-20(10)15(22)9-27-16(23)11-7-13(26-2)14(28-17(18)19)8-12(11)21(24)25/h7-8,10,17H,3-6,9H2,1-2H3. The fourth-order valence-corrected chi connectivity index (χ4v) is 2.97. The van der Waals surface area contributed by atoms with E-state index in [1.165, 1.54) is 0 Å². The Bertz CT molecular complexity index is 757. The van der Waals surface area contributed by atoms with Crippen molar-refractivity contribution in [1.82, 2.24) is 4.90 Å². The number of amides is 1. The average Bonchev–Trinajstić information content (AvgIpc) is 2.65. The summed E-state index contributed by atoms with van der Waals surface area (Å²) in [4.78, 5) is 36.4. The predicted molar refractivity (Wildman–Crippen MR) is 91.6 cm³/mol. The molecule has 0 bridgehead atoms. The van der Waals surface area contributed by atoms with Gasteiger partial charge in [-0.05, 0) is 26.2 Å². The molecule has 1 fully saturated rings. The molecular weight excluding hydrogens is 382 g/mol. The molecule has 1 aliphatic rings. The van der Waals surface area contributed by atoms with Crippen molar-refractivity contribution in [2.24, 2.45) is 0 Å². The monoisotopic (exact) mass is 402 g/mol. The molecule has 1 unspecified atom stereocenters. The zero-order chi connectivity index (χ0) is 20.8. The molecule has 11 heteroatoms. The number of benzene rings is 1. The Morgan fingerprint density at radius 3 is 2.61 bits per heavy atom. The van der Waals surface area contributed by atoms with Gasteiger partial charge in [0.25, 0.3) is 11.6 Å². The van der Waals surface area contributed by atoms with Gasteiger partial charge in [0.2, 0.25) is 0 Å². The van der Waals surface area contributed by atoms with Crippen LogP contribution in [0.2, 0.25) is 0 Å². The fourth-order valence-electron chi connectivity index (χ4n) is 2.97. The lowest BCUT2D eigenvalue weighted by Gasteiger charge is -2.33. The normalized spacial score (nSPS) is 16.6. The molecule has 0 aliphatic carbocycles. The first-order valence-corrected chi connectivity index (χ1v) is 8.52. The number of rotatable bonds is 7. The van der Waals surface area contributed by atoms with Crippen molar-refractivity contribution in [3.05, 3.63) is 27.8 Å². The van der Waals surface area contributed by atoms with E-state index in [-0.39, 0.29) is 11.8 Å². The molecule has 1 atom stereocenters. The van der Waals surface area contributed by atoms with Gasteiger partial charge in [0, 0.05) is 18.7 Å². The van der Waals surface area contributed by atoms with E-state index in [1.807, 2.05) is 6.92 Å². The first-order chi connectivity index (χ1) is 13.2. The number of esters is 1. The van der Waals surface area contributed by atoms with Crippen molar-refractivity contribution in [2.75, 3.05) is 20.3 Å². The number of piperidine rings is 1. The number of likely N-dealkylation sites (tertiary alicyclic amines) is 1. The molecule has 9 nitrogen and oxygen atoms in total. The first-order valence-electron chi connectivity index (χ1n) is 8.52. The number of carbonyl (C=O) groups is 2. The van der Waals surface area contributed by atoms with E-state index in [1.54, 1.807) is 4.90 Å². The van der Waals surface area contributed by atoms with Gasteiger partial charge in [0.1, 0.15) is 5.56 Å². The summed E-state index contributed by atoms with van der Waals surface area (Å²) in [5.41, 5.74) is -1.34. The van der Waals surface area contributed by atoms with Gasteiger partial charge < -0.3 is 19.1 Å². The number of carbonyl (C=O) groups excluding carboxylic acids is 2. The van der Waals surface area contributed by atoms with Gasteiger partial charge in [-0.25, -0.2) is 4.79 Å². The van der Waals surface area contributed by atoms with Gasteiger partial charge in [0.15, 0.2) is 18.1 Å². The van der Waals surface area contributed by atoms with Crippen LogP contribution in [0.4, 0.5) is 14.5 Å². The van der Waals surface area contributed by atoms with Gasteiger partial charge in [-0.1, -0.05) is 0 Å². The van der Waals surface area contributed by atoms with Crippen LogP contribution in [0.25, 0.3) is 0 Å². The number of methoxy groups -OCH3 is 1. The third kappa shape index (κ3) is 5.05. The zero-order valence-electron chi connectivity index (χ0n) is 15.4. The van der Waals surface area contributed by atoms with Crippen LogP contribution in [0.15, 0.2) is 12.1 Å². The smallest absolute Gasteiger partial charge is 0.387 e. The van der Waals surface area contributed by atoms with E-state index in [9.17, 15) is 28.5 Å². The van der Waals surface area contributed by atoms with Crippen LogP contribution in [-0.2, 0) is 9.53 Å². The van der Waals surface area contributed by atoms with Crippen molar-refractivity contribution < 1.29 is 37.5 Å². The molecule has 0 spiro atoms. The van der Waals surface area contributed by atoms with Crippen molar-refractivity contribution >= 4 is 17.6 Å². The highest BCUT2D eigenvalue weighted by Gasteiger charge is 2.29. The maximum absolute atomic E-state index is 12.5. The molecule has 0 radical (unpaired) electrons. The molecule has 1 aromatic rings. The Kier molecular flexibility index (Phi) is 7.07. The Morgan fingerprint density at radius 2 is 2.04 bits per heavy atom. The fraction of sp³-hybridized carbons (Fsp3) is 0.529. The number of ether oxygens (including phenoxy) is 3. The third-order valence-electron chi connectivity index (χ3n) is 4.36. The number of halogens is 2. The van der Waals surface area contributed by atoms with Crippen LogP contribution < -0.4 is 9.47 Å². The molecule has 1 aromatic carbocycles. The minimum absolute atomic E-state index is 0.0140. The molecule has 154 valence electrons. The molecular formula is C17H20F2N2O7. The van der Waals surface area contributed by atoms with E-state index >= 15 is 0 Å². The molecule has 28 heavy (non-hydrogen) atoms. The van der Waals surface area contributed by atoms with E-state index < -0.39 is 47.0 Å². The van der Waals surface area contributed by atoms with E-state index in [4.69, 9.17) is 9.47 Å². The Hall–Kier alpha value is -2.98. The molecule has 1 amide bonds.